The largest absolute Gasteiger partial charge is 0.497 e. The van der Waals surface area contributed by atoms with Gasteiger partial charge in [-0.2, -0.15) is 5.10 Å². The number of amides is 1. The molecule has 148 valence electrons. The Morgan fingerprint density at radius 2 is 1.89 bits per heavy atom. The first-order valence-electron chi connectivity index (χ1n) is 8.97. The molecule has 3 aromatic rings. The number of imidazole rings is 1. The molecule has 1 N–H and O–H groups in total. The fourth-order valence-electron chi connectivity index (χ4n) is 3.04. The maximum Gasteiger partial charge on any atom is 0.221 e. The molecule has 0 saturated carbocycles. The van der Waals surface area contributed by atoms with Crippen molar-refractivity contribution in [1.29, 1.82) is 0 Å². The van der Waals surface area contributed by atoms with Gasteiger partial charge in [-0.15, -0.1) is 0 Å². The molecule has 0 spiro atoms. The summed E-state index contributed by atoms with van der Waals surface area (Å²) in [5.41, 5.74) is 1.86. The Balaban J connectivity index is 1.84. The van der Waals surface area contributed by atoms with Crippen molar-refractivity contribution in [3.63, 3.8) is 0 Å². The van der Waals surface area contributed by atoms with Crippen LogP contribution in [0.1, 0.15) is 29.4 Å². The zero-order chi connectivity index (χ0) is 20.1. The Morgan fingerprint density at radius 1 is 1.18 bits per heavy atom. The lowest BCUT2D eigenvalue weighted by Crippen LogP contribution is -2.31. The standard InChI is InChI=1S/C20H25N5O3/c1-24-8-7-21-20(24)19(15-9-16(27-3)11-17(10-15)28-4)23-18(26)6-5-14-12-22-25(2)13-14/h7-13,19H,5-6H2,1-4H3,(H,23,26). The molecular weight excluding hydrogens is 358 g/mol. The minimum Gasteiger partial charge on any atom is -0.497 e. The smallest absolute Gasteiger partial charge is 0.221 e. The number of aryl methyl sites for hydroxylation is 3. The maximum absolute atomic E-state index is 12.7. The van der Waals surface area contributed by atoms with Crippen molar-refractivity contribution in [3.05, 3.63) is 59.9 Å². The number of hydrogen-bond donors (Lipinski definition) is 1. The summed E-state index contributed by atoms with van der Waals surface area (Å²) in [5.74, 6) is 1.96. The highest BCUT2D eigenvalue weighted by atomic mass is 16.5. The molecule has 8 nitrogen and oxygen atoms in total. The molecule has 0 saturated heterocycles. The summed E-state index contributed by atoms with van der Waals surface area (Å²) in [6, 6.07) is 5.13. The molecule has 3 rings (SSSR count). The second-order valence-electron chi connectivity index (χ2n) is 6.57. The summed E-state index contributed by atoms with van der Waals surface area (Å²) >= 11 is 0. The monoisotopic (exact) mass is 383 g/mol. The molecule has 0 aliphatic rings. The van der Waals surface area contributed by atoms with Crippen LogP contribution in [0.15, 0.2) is 43.0 Å². The van der Waals surface area contributed by atoms with Gasteiger partial charge in [0.2, 0.25) is 5.91 Å². The fourth-order valence-corrected chi connectivity index (χ4v) is 3.04. The Kier molecular flexibility index (Phi) is 5.98. The molecule has 2 aromatic heterocycles. The lowest BCUT2D eigenvalue weighted by atomic mass is 10.0. The number of methoxy groups -OCH3 is 2. The molecule has 0 aliphatic heterocycles. The Morgan fingerprint density at radius 3 is 2.43 bits per heavy atom. The quantitative estimate of drug-likeness (QED) is 0.643. The SMILES string of the molecule is COc1cc(OC)cc(C(NC(=O)CCc2cnn(C)c2)c2nccn2C)c1. The molecule has 1 atom stereocenters. The fraction of sp³-hybridized carbons (Fsp3) is 0.350. The van der Waals surface area contributed by atoms with Crippen LogP contribution in [-0.2, 0) is 25.3 Å². The van der Waals surface area contributed by atoms with Crippen LogP contribution in [0.5, 0.6) is 11.5 Å². The van der Waals surface area contributed by atoms with Crippen LogP contribution < -0.4 is 14.8 Å². The van der Waals surface area contributed by atoms with Crippen LogP contribution in [0.3, 0.4) is 0 Å². The second-order valence-corrected chi connectivity index (χ2v) is 6.57. The van der Waals surface area contributed by atoms with Crippen molar-refractivity contribution < 1.29 is 14.3 Å². The molecule has 1 amide bonds. The first kappa shape index (κ1) is 19.5. The summed E-state index contributed by atoms with van der Waals surface area (Å²) in [5, 5.41) is 7.23. The van der Waals surface area contributed by atoms with Crippen LogP contribution in [-0.4, -0.2) is 39.5 Å². The average Bonchev–Trinajstić information content (AvgIpc) is 3.31. The number of nitrogens with zero attached hydrogens (tertiary/aromatic N) is 4. The first-order valence-corrected chi connectivity index (χ1v) is 8.97. The normalized spacial score (nSPS) is 11.9. The van der Waals surface area contributed by atoms with E-state index in [0.29, 0.717) is 24.3 Å². The number of carbonyl (C=O) groups is 1. The van der Waals surface area contributed by atoms with E-state index in [1.54, 1.807) is 37.4 Å². The Labute approximate surface area is 164 Å². The number of rotatable bonds is 8. The van der Waals surface area contributed by atoms with Crippen LogP contribution in [0.2, 0.25) is 0 Å². The van der Waals surface area contributed by atoms with Crippen LogP contribution in [0.25, 0.3) is 0 Å². The van der Waals surface area contributed by atoms with Crippen molar-refractivity contribution in [2.24, 2.45) is 14.1 Å². The van der Waals surface area contributed by atoms with Gasteiger partial charge in [0.15, 0.2) is 0 Å². The minimum atomic E-state index is -0.426. The van der Waals surface area contributed by atoms with Crippen LogP contribution in [0, 0.1) is 0 Å². The summed E-state index contributed by atoms with van der Waals surface area (Å²) in [6.45, 7) is 0. The van der Waals surface area contributed by atoms with Gasteiger partial charge in [-0.05, 0) is 29.7 Å². The van der Waals surface area contributed by atoms with Gasteiger partial charge in [-0.3, -0.25) is 9.48 Å². The number of carbonyl (C=O) groups excluding carboxylic acids is 1. The van der Waals surface area contributed by atoms with E-state index < -0.39 is 6.04 Å². The van der Waals surface area contributed by atoms with Crippen molar-refractivity contribution >= 4 is 5.91 Å². The molecule has 0 aliphatic carbocycles. The van der Waals surface area contributed by atoms with Gasteiger partial charge >= 0.3 is 0 Å². The third kappa shape index (κ3) is 4.51. The average molecular weight is 383 g/mol. The van der Waals surface area contributed by atoms with E-state index in [-0.39, 0.29) is 5.91 Å². The molecule has 1 aromatic carbocycles. The molecule has 8 heteroatoms. The highest BCUT2D eigenvalue weighted by Crippen LogP contribution is 2.29. The molecule has 0 fully saturated rings. The van der Waals surface area contributed by atoms with Gasteiger partial charge < -0.3 is 19.4 Å². The van der Waals surface area contributed by atoms with Crippen molar-refractivity contribution in [2.75, 3.05) is 14.2 Å². The van der Waals surface area contributed by atoms with E-state index in [9.17, 15) is 4.79 Å². The third-order valence-electron chi connectivity index (χ3n) is 4.53. The summed E-state index contributed by atoms with van der Waals surface area (Å²) in [4.78, 5) is 17.1. The van der Waals surface area contributed by atoms with Gasteiger partial charge in [0.05, 0.1) is 20.4 Å². The summed E-state index contributed by atoms with van der Waals surface area (Å²) in [6.07, 6.45) is 8.22. The lowest BCUT2D eigenvalue weighted by molar-refractivity contribution is -0.121. The van der Waals surface area contributed by atoms with Crippen molar-refractivity contribution in [1.82, 2.24) is 24.6 Å². The van der Waals surface area contributed by atoms with Gasteiger partial charge in [0.25, 0.3) is 0 Å². The van der Waals surface area contributed by atoms with Crippen LogP contribution >= 0.6 is 0 Å². The zero-order valence-corrected chi connectivity index (χ0v) is 16.5. The number of nitrogens with one attached hydrogen (secondary N) is 1. The number of hydrogen-bond acceptors (Lipinski definition) is 5. The third-order valence-corrected chi connectivity index (χ3v) is 4.53. The van der Waals surface area contributed by atoms with E-state index in [0.717, 1.165) is 17.0 Å². The minimum absolute atomic E-state index is 0.0707. The van der Waals surface area contributed by atoms with Crippen LogP contribution in [0.4, 0.5) is 0 Å². The summed E-state index contributed by atoms with van der Waals surface area (Å²) < 4.78 is 14.4. The Hall–Kier alpha value is -3.29. The van der Waals surface area contributed by atoms with E-state index in [2.05, 4.69) is 15.4 Å². The zero-order valence-electron chi connectivity index (χ0n) is 16.5. The second kappa shape index (κ2) is 8.60. The maximum atomic E-state index is 12.7. The molecule has 0 radical (unpaired) electrons. The number of aromatic nitrogens is 4. The molecule has 0 bridgehead atoms. The summed E-state index contributed by atoms with van der Waals surface area (Å²) in [7, 11) is 6.95. The van der Waals surface area contributed by atoms with E-state index in [1.165, 1.54) is 0 Å². The molecular formula is C20H25N5O3. The number of ether oxygens (including phenoxy) is 2. The van der Waals surface area contributed by atoms with Gasteiger partial charge in [-0.1, -0.05) is 0 Å². The van der Waals surface area contributed by atoms with Gasteiger partial charge in [0.1, 0.15) is 23.4 Å². The van der Waals surface area contributed by atoms with Crippen molar-refractivity contribution in [2.45, 2.75) is 18.9 Å². The van der Waals surface area contributed by atoms with Crippen molar-refractivity contribution in [3.8, 4) is 11.5 Å². The highest BCUT2D eigenvalue weighted by Gasteiger charge is 2.22. The number of benzene rings is 1. The lowest BCUT2D eigenvalue weighted by Gasteiger charge is -2.20. The molecule has 28 heavy (non-hydrogen) atoms. The predicted octanol–water partition coefficient (Wildman–Crippen LogP) is 2.01. The van der Waals surface area contributed by atoms with E-state index >= 15 is 0 Å². The first-order chi connectivity index (χ1) is 13.5. The Bertz CT molecular complexity index is 925. The molecule has 2 heterocycles. The highest BCUT2D eigenvalue weighted by molar-refractivity contribution is 5.77. The molecule has 1 unspecified atom stereocenters. The van der Waals surface area contributed by atoms with E-state index in [1.807, 2.05) is 43.2 Å². The van der Waals surface area contributed by atoms with Gasteiger partial charge in [-0.25, -0.2) is 4.98 Å². The van der Waals surface area contributed by atoms with Gasteiger partial charge in [0, 0.05) is 45.2 Å². The predicted molar refractivity (Wildman–Crippen MR) is 104 cm³/mol. The van der Waals surface area contributed by atoms with E-state index in [4.69, 9.17) is 9.47 Å². The topological polar surface area (TPSA) is 83.2 Å².